The first-order valence-corrected chi connectivity index (χ1v) is 5.08. The van der Waals surface area contributed by atoms with Crippen LogP contribution in [0.5, 0.6) is 0 Å². The van der Waals surface area contributed by atoms with Gasteiger partial charge in [0.15, 0.2) is 0 Å². The molecule has 0 aliphatic carbocycles. The maximum absolute atomic E-state index is 5.75. The molecular formula is C9H8N4S. The van der Waals surface area contributed by atoms with Crippen LogP contribution in [0.1, 0.15) is 5.56 Å². The van der Waals surface area contributed by atoms with Crippen molar-refractivity contribution in [1.82, 2.24) is 14.6 Å². The summed E-state index contributed by atoms with van der Waals surface area (Å²) in [5, 5.41) is 7.85. The molecule has 4 nitrogen and oxygen atoms in total. The number of aryl methyl sites for hydroxylation is 1. The molecule has 2 heterocycles. The molecule has 5 heteroatoms. The molecule has 0 amide bonds. The van der Waals surface area contributed by atoms with Crippen LogP contribution in [-0.2, 0) is 0 Å². The number of aromatic nitrogens is 3. The van der Waals surface area contributed by atoms with E-state index in [2.05, 4.69) is 29.3 Å². The highest BCUT2D eigenvalue weighted by Gasteiger charge is 2.10. The molecule has 0 atom stereocenters. The number of nitrogen functional groups attached to an aromatic ring is 1. The summed E-state index contributed by atoms with van der Waals surface area (Å²) >= 11 is 1.61. The molecule has 2 N–H and O–H groups in total. The van der Waals surface area contributed by atoms with Crippen LogP contribution in [0.4, 0.5) is 5.95 Å². The van der Waals surface area contributed by atoms with E-state index < -0.39 is 0 Å². The number of benzene rings is 1. The Labute approximate surface area is 84.0 Å². The number of thiazole rings is 1. The van der Waals surface area contributed by atoms with E-state index in [0.29, 0.717) is 5.95 Å². The number of hydrogen-bond acceptors (Lipinski definition) is 4. The molecule has 0 saturated heterocycles. The Hall–Kier alpha value is -1.62. The number of fused-ring (bicyclic) bond motifs is 3. The fourth-order valence-electron chi connectivity index (χ4n) is 1.66. The van der Waals surface area contributed by atoms with Crippen LogP contribution in [0, 0.1) is 6.92 Å². The maximum Gasteiger partial charge on any atom is 0.227 e. The van der Waals surface area contributed by atoms with E-state index in [1.54, 1.807) is 11.3 Å². The molecule has 0 aliphatic rings. The van der Waals surface area contributed by atoms with Gasteiger partial charge in [0.1, 0.15) is 0 Å². The van der Waals surface area contributed by atoms with E-state index in [0.717, 1.165) is 10.5 Å². The Morgan fingerprint density at radius 1 is 1.36 bits per heavy atom. The topological polar surface area (TPSA) is 56.2 Å². The van der Waals surface area contributed by atoms with E-state index in [-0.39, 0.29) is 0 Å². The van der Waals surface area contributed by atoms with Crippen molar-refractivity contribution in [2.24, 2.45) is 0 Å². The van der Waals surface area contributed by atoms with Crippen molar-refractivity contribution in [3.8, 4) is 0 Å². The van der Waals surface area contributed by atoms with Gasteiger partial charge in [0.25, 0.3) is 0 Å². The zero-order valence-electron chi connectivity index (χ0n) is 7.56. The summed E-state index contributed by atoms with van der Waals surface area (Å²) in [6.07, 6.45) is 0. The molecule has 0 fully saturated rings. The first-order chi connectivity index (χ1) is 6.77. The summed E-state index contributed by atoms with van der Waals surface area (Å²) in [4.78, 5) is 0.854. The Bertz CT molecular complexity index is 622. The normalized spacial score (nSPS) is 11.5. The molecule has 14 heavy (non-hydrogen) atoms. The fourth-order valence-corrected chi connectivity index (χ4v) is 2.71. The van der Waals surface area contributed by atoms with Gasteiger partial charge in [0.05, 0.1) is 10.2 Å². The third-order valence-electron chi connectivity index (χ3n) is 2.28. The van der Waals surface area contributed by atoms with Crippen LogP contribution in [0.15, 0.2) is 18.2 Å². The highest BCUT2D eigenvalue weighted by molar-refractivity contribution is 7.23. The van der Waals surface area contributed by atoms with Gasteiger partial charge < -0.3 is 5.73 Å². The summed E-state index contributed by atoms with van der Waals surface area (Å²) in [5.41, 5.74) is 8.07. The average molecular weight is 204 g/mol. The van der Waals surface area contributed by atoms with Crippen LogP contribution in [0.25, 0.3) is 15.2 Å². The first-order valence-electron chi connectivity index (χ1n) is 4.26. The lowest BCUT2D eigenvalue weighted by Gasteiger charge is -1.96. The van der Waals surface area contributed by atoms with E-state index in [4.69, 9.17) is 5.73 Å². The van der Waals surface area contributed by atoms with Crippen molar-refractivity contribution in [3.05, 3.63) is 23.8 Å². The molecule has 0 saturated carbocycles. The van der Waals surface area contributed by atoms with Gasteiger partial charge in [-0.05, 0) is 18.6 Å². The number of para-hydroxylation sites is 1. The van der Waals surface area contributed by atoms with Crippen molar-refractivity contribution in [2.75, 3.05) is 5.73 Å². The smallest absolute Gasteiger partial charge is 0.227 e. The molecule has 70 valence electrons. The van der Waals surface area contributed by atoms with Crippen LogP contribution >= 0.6 is 11.3 Å². The number of anilines is 1. The van der Waals surface area contributed by atoms with Crippen LogP contribution < -0.4 is 5.73 Å². The molecule has 0 bridgehead atoms. The zero-order chi connectivity index (χ0) is 9.71. The van der Waals surface area contributed by atoms with Gasteiger partial charge in [-0.2, -0.15) is 0 Å². The van der Waals surface area contributed by atoms with Gasteiger partial charge in [-0.3, -0.25) is 4.40 Å². The van der Waals surface area contributed by atoms with Crippen molar-refractivity contribution < 1.29 is 0 Å². The number of rotatable bonds is 0. The highest BCUT2D eigenvalue weighted by atomic mass is 32.1. The predicted molar refractivity (Wildman–Crippen MR) is 57.5 cm³/mol. The highest BCUT2D eigenvalue weighted by Crippen LogP contribution is 2.28. The summed E-state index contributed by atoms with van der Waals surface area (Å²) < 4.78 is 3.09. The van der Waals surface area contributed by atoms with Gasteiger partial charge in [0.2, 0.25) is 10.9 Å². The van der Waals surface area contributed by atoms with E-state index in [1.165, 1.54) is 10.3 Å². The predicted octanol–water partition coefficient (Wildman–Crippen LogP) is 1.83. The third-order valence-corrected chi connectivity index (χ3v) is 3.28. The van der Waals surface area contributed by atoms with Crippen LogP contribution in [0.2, 0.25) is 0 Å². The molecule has 1 aromatic carbocycles. The Morgan fingerprint density at radius 2 is 2.21 bits per heavy atom. The van der Waals surface area contributed by atoms with Gasteiger partial charge in [-0.25, -0.2) is 0 Å². The van der Waals surface area contributed by atoms with Crippen molar-refractivity contribution in [3.63, 3.8) is 0 Å². The quantitative estimate of drug-likeness (QED) is 0.607. The second-order valence-corrected chi connectivity index (χ2v) is 4.21. The average Bonchev–Trinajstić information content (AvgIpc) is 2.67. The minimum atomic E-state index is 0.459. The summed E-state index contributed by atoms with van der Waals surface area (Å²) in [6.45, 7) is 2.06. The van der Waals surface area contributed by atoms with Crippen LogP contribution in [-0.4, -0.2) is 14.6 Å². The third kappa shape index (κ3) is 0.820. The van der Waals surface area contributed by atoms with Crippen molar-refractivity contribution in [1.29, 1.82) is 0 Å². The molecular weight excluding hydrogens is 196 g/mol. The molecule has 0 unspecified atom stereocenters. The standard InChI is InChI=1S/C9H8N4S/c1-5-3-2-4-6-7(5)13-8(10)11-12-9(13)14-6/h2-4H,1H3,(H2,10,11). The molecule has 3 aromatic rings. The SMILES string of the molecule is Cc1cccc2sc3nnc(N)n3c12. The Kier molecular flexibility index (Phi) is 1.36. The molecule has 0 spiro atoms. The molecule has 0 radical (unpaired) electrons. The molecule has 0 aliphatic heterocycles. The monoisotopic (exact) mass is 204 g/mol. The first kappa shape index (κ1) is 7.75. The second kappa shape index (κ2) is 2.45. The van der Waals surface area contributed by atoms with Gasteiger partial charge in [-0.15, -0.1) is 10.2 Å². The number of nitrogens with zero attached hydrogens (tertiary/aromatic N) is 3. The minimum Gasteiger partial charge on any atom is -0.368 e. The lowest BCUT2D eigenvalue weighted by atomic mass is 10.2. The second-order valence-electron chi connectivity index (χ2n) is 3.20. The fraction of sp³-hybridized carbons (Fsp3) is 0.111. The lowest BCUT2D eigenvalue weighted by molar-refractivity contribution is 1.12. The molecule has 3 rings (SSSR count). The zero-order valence-corrected chi connectivity index (χ0v) is 8.38. The van der Waals surface area contributed by atoms with E-state index in [9.17, 15) is 0 Å². The number of nitrogens with two attached hydrogens (primary N) is 1. The Balaban J connectivity index is 2.68. The maximum atomic E-state index is 5.75. The molecule has 2 aromatic heterocycles. The summed E-state index contributed by atoms with van der Waals surface area (Å²) in [6, 6.07) is 6.17. The summed E-state index contributed by atoms with van der Waals surface area (Å²) in [5.74, 6) is 0.459. The summed E-state index contributed by atoms with van der Waals surface area (Å²) in [7, 11) is 0. The van der Waals surface area contributed by atoms with Gasteiger partial charge in [-0.1, -0.05) is 23.5 Å². The van der Waals surface area contributed by atoms with Crippen LogP contribution in [0.3, 0.4) is 0 Å². The largest absolute Gasteiger partial charge is 0.368 e. The van der Waals surface area contributed by atoms with E-state index in [1.807, 2.05) is 10.5 Å². The lowest BCUT2D eigenvalue weighted by Crippen LogP contribution is -1.93. The minimum absolute atomic E-state index is 0.459. The van der Waals surface area contributed by atoms with Gasteiger partial charge in [0, 0.05) is 0 Å². The van der Waals surface area contributed by atoms with Crippen molar-refractivity contribution in [2.45, 2.75) is 6.92 Å². The van der Waals surface area contributed by atoms with Crippen molar-refractivity contribution >= 4 is 32.5 Å². The van der Waals surface area contributed by atoms with E-state index >= 15 is 0 Å². The number of hydrogen-bond donors (Lipinski definition) is 1. The van der Waals surface area contributed by atoms with Gasteiger partial charge >= 0.3 is 0 Å². The Morgan fingerprint density at radius 3 is 3.07 bits per heavy atom.